The van der Waals surface area contributed by atoms with Crippen molar-refractivity contribution in [2.75, 3.05) is 23.3 Å². The Labute approximate surface area is 123 Å². The van der Waals surface area contributed by atoms with E-state index in [0.29, 0.717) is 11.3 Å². The molecule has 0 unspecified atom stereocenters. The van der Waals surface area contributed by atoms with Crippen molar-refractivity contribution in [1.29, 1.82) is 0 Å². The number of aromatic nitrogens is 2. The molecule has 0 spiro atoms. The Morgan fingerprint density at radius 2 is 2.05 bits per heavy atom. The Kier molecular flexibility index (Phi) is 3.85. The van der Waals surface area contributed by atoms with Crippen LogP contribution in [0.25, 0.3) is 0 Å². The summed E-state index contributed by atoms with van der Waals surface area (Å²) < 4.78 is 4.88. The van der Waals surface area contributed by atoms with Crippen LogP contribution in [-0.2, 0) is 0 Å². The minimum atomic E-state index is -0.230. The van der Waals surface area contributed by atoms with E-state index in [0.717, 1.165) is 25.0 Å². The van der Waals surface area contributed by atoms with E-state index in [2.05, 4.69) is 27.1 Å². The molecule has 2 aromatic rings. The molecule has 6 nitrogen and oxygen atoms in total. The van der Waals surface area contributed by atoms with Crippen molar-refractivity contribution < 1.29 is 9.21 Å². The van der Waals surface area contributed by atoms with Gasteiger partial charge in [-0.15, -0.1) is 0 Å². The maximum absolute atomic E-state index is 11.9. The van der Waals surface area contributed by atoms with Crippen LogP contribution in [-0.4, -0.2) is 29.0 Å². The molecule has 0 aliphatic carbocycles. The van der Waals surface area contributed by atoms with Crippen LogP contribution in [0.2, 0.25) is 0 Å². The largest absolute Gasteiger partial charge is 0.472 e. The molecule has 0 bridgehead atoms. The molecule has 1 fully saturated rings. The second-order valence-electron chi connectivity index (χ2n) is 5.41. The van der Waals surface area contributed by atoms with Gasteiger partial charge in [-0.3, -0.25) is 4.79 Å². The SMILES string of the molecule is CC1CCN(c2ncc(NC(=O)c3ccoc3)cn2)CC1. The number of hydrogen-bond acceptors (Lipinski definition) is 5. The van der Waals surface area contributed by atoms with Gasteiger partial charge in [0.25, 0.3) is 5.91 Å². The molecule has 1 N–H and O–H groups in total. The number of carbonyl (C=O) groups excluding carboxylic acids is 1. The third kappa shape index (κ3) is 3.21. The lowest BCUT2D eigenvalue weighted by Gasteiger charge is -2.30. The summed E-state index contributed by atoms with van der Waals surface area (Å²) in [6.45, 7) is 4.25. The van der Waals surface area contributed by atoms with Gasteiger partial charge in [0.2, 0.25) is 5.95 Å². The first-order valence-corrected chi connectivity index (χ1v) is 7.13. The number of piperidine rings is 1. The van der Waals surface area contributed by atoms with Crippen LogP contribution in [0.4, 0.5) is 11.6 Å². The van der Waals surface area contributed by atoms with E-state index < -0.39 is 0 Å². The number of anilines is 2. The molecule has 0 radical (unpaired) electrons. The second-order valence-corrected chi connectivity index (χ2v) is 5.41. The Hall–Kier alpha value is -2.37. The van der Waals surface area contributed by atoms with Gasteiger partial charge in [-0.05, 0) is 24.8 Å². The third-order valence-electron chi connectivity index (χ3n) is 3.75. The fourth-order valence-electron chi connectivity index (χ4n) is 2.35. The summed E-state index contributed by atoms with van der Waals surface area (Å²) >= 11 is 0. The van der Waals surface area contributed by atoms with E-state index in [1.165, 1.54) is 25.4 Å². The zero-order valence-electron chi connectivity index (χ0n) is 12.0. The smallest absolute Gasteiger partial charge is 0.258 e. The van der Waals surface area contributed by atoms with Crippen molar-refractivity contribution in [3.8, 4) is 0 Å². The molecular weight excluding hydrogens is 268 g/mol. The molecule has 2 aromatic heterocycles. The average molecular weight is 286 g/mol. The summed E-state index contributed by atoms with van der Waals surface area (Å²) in [5, 5.41) is 2.74. The van der Waals surface area contributed by atoms with Gasteiger partial charge in [0.15, 0.2) is 0 Å². The summed E-state index contributed by atoms with van der Waals surface area (Å²) in [6, 6.07) is 1.61. The number of carbonyl (C=O) groups is 1. The van der Waals surface area contributed by atoms with Crippen LogP contribution < -0.4 is 10.2 Å². The topological polar surface area (TPSA) is 71.3 Å². The van der Waals surface area contributed by atoms with E-state index in [9.17, 15) is 4.79 Å². The Bertz CT molecular complexity index is 587. The molecular formula is C15H18N4O2. The van der Waals surface area contributed by atoms with Gasteiger partial charge in [-0.25, -0.2) is 9.97 Å². The van der Waals surface area contributed by atoms with Crippen molar-refractivity contribution in [3.63, 3.8) is 0 Å². The zero-order chi connectivity index (χ0) is 14.7. The number of nitrogens with one attached hydrogen (secondary N) is 1. The van der Waals surface area contributed by atoms with Gasteiger partial charge < -0.3 is 14.6 Å². The van der Waals surface area contributed by atoms with Gasteiger partial charge >= 0.3 is 0 Å². The number of nitrogens with zero attached hydrogens (tertiary/aromatic N) is 3. The highest BCUT2D eigenvalue weighted by Gasteiger charge is 2.17. The van der Waals surface area contributed by atoms with Crippen molar-refractivity contribution >= 4 is 17.5 Å². The lowest BCUT2D eigenvalue weighted by Crippen LogP contribution is -2.34. The monoisotopic (exact) mass is 286 g/mol. The minimum absolute atomic E-state index is 0.230. The van der Waals surface area contributed by atoms with Gasteiger partial charge in [-0.1, -0.05) is 6.92 Å². The van der Waals surface area contributed by atoms with E-state index in [1.807, 2.05) is 0 Å². The van der Waals surface area contributed by atoms with E-state index in [4.69, 9.17) is 4.42 Å². The van der Waals surface area contributed by atoms with Gasteiger partial charge in [0, 0.05) is 13.1 Å². The number of amides is 1. The predicted octanol–water partition coefficient (Wildman–Crippen LogP) is 2.56. The molecule has 3 heterocycles. The van der Waals surface area contributed by atoms with E-state index >= 15 is 0 Å². The fourth-order valence-corrected chi connectivity index (χ4v) is 2.35. The average Bonchev–Trinajstić information content (AvgIpc) is 3.03. The molecule has 21 heavy (non-hydrogen) atoms. The Morgan fingerprint density at radius 3 is 2.67 bits per heavy atom. The Balaban J connectivity index is 1.63. The van der Waals surface area contributed by atoms with Crippen LogP contribution in [0, 0.1) is 5.92 Å². The minimum Gasteiger partial charge on any atom is -0.472 e. The quantitative estimate of drug-likeness (QED) is 0.939. The lowest BCUT2D eigenvalue weighted by atomic mass is 10.00. The summed E-state index contributed by atoms with van der Waals surface area (Å²) in [5.41, 5.74) is 1.06. The molecule has 0 aromatic carbocycles. The van der Waals surface area contributed by atoms with Gasteiger partial charge in [-0.2, -0.15) is 0 Å². The maximum atomic E-state index is 11.9. The van der Waals surface area contributed by atoms with Gasteiger partial charge in [0.05, 0.1) is 29.9 Å². The first-order valence-electron chi connectivity index (χ1n) is 7.13. The van der Waals surface area contributed by atoms with Crippen LogP contribution in [0.3, 0.4) is 0 Å². The van der Waals surface area contributed by atoms with Crippen LogP contribution in [0.15, 0.2) is 35.4 Å². The van der Waals surface area contributed by atoms with Crippen molar-refractivity contribution in [3.05, 3.63) is 36.5 Å². The molecule has 0 saturated carbocycles. The molecule has 1 aliphatic heterocycles. The van der Waals surface area contributed by atoms with Crippen LogP contribution in [0.1, 0.15) is 30.1 Å². The second kappa shape index (κ2) is 5.95. The lowest BCUT2D eigenvalue weighted by molar-refractivity contribution is 0.102. The molecule has 0 atom stereocenters. The maximum Gasteiger partial charge on any atom is 0.258 e. The Morgan fingerprint density at radius 1 is 1.33 bits per heavy atom. The standard InChI is InChI=1S/C15H18N4O2/c1-11-2-5-19(6-3-11)15-16-8-13(9-17-15)18-14(20)12-4-7-21-10-12/h4,7-11H,2-3,5-6H2,1H3,(H,18,20). The van der Waals surface area contributed by atoms with Crippen molar-refractivity contribution in [2.24, 2.45) is 5.92 Å². The number of rotatable bonds is 3. The first kappa shape index (κ1) is 13.6. The highest BCUT2D eigenvalue weighted by Crippen LogP contribution is 2.20. The van der Waals surface area contributed by atoms with E-state index in [-0.39, 0.29) is 5.91 Å². The number of furan rings is 1. The van der Waals surface area contributed by atoms with Crippen molar-refractivity contribution in [2.45, 2.75) is 19.8 Å². The molecule has 1 saturated heterocycles. The number of hydrogen-bond donors (Lipinski definition) is 1. The summed E-state index contributed by atoms with van der Waals surface area (Å²) in [6.07, 6.45) is 8.48. The highest BCUT2D eigenvalue weighted by molar-refractivity contribution is 6.03. The highest BCUT2D eigenvalue weighted by atomic mass is 16.3. The van der Waals surface area contributed by atoms with Gasteiger partial charge in [0.1, 0.15) is 6.26 Å². The first-order chi connectivity index (χ1) is 10.2. The molecule has 110 valence electrons. The van der Waals surface area contributed by atoms with Crippen LogP contribution >= 0.6 is 0 Å². The summed E-state index contributed by atoms with van der Waals surface area (Å²) in [4.78, 5) is 22.7. The molecule has 6 heteroatoms. The third-order valence-corrected chi connectivity index (χ3v) is 3.75. The normalized spacial score (nSPS) is 16.0. The summed E-state index contributed by atoms with van der Waals surface area (Å²) in [7, 11) is 0. The summed E-state index contributed by atoms with van der Waals surface area (Å²) in [5.74, 6) is 1.27. The van der Waals surface area contributed by atoms with Crippen LogP contribution in [0.5, 0.6) is 0 Å². The molecule has 1 amide bonds. The predicted molar refractivity (Wildman–Crippen MR) is 79.3 cm³/mol. The zero-order valence-corrected chi connectivity index (χ0v) is 12.0. The van der Waals surface area contributed by atoms with Crippen molar-refractivity contribution in [1.82, 2.24) is 9.97 Å². The molecule has 1 aliphatic rings. The fraction of sp³-hybridized carbons (Fsp3) is 0.400. The molecule has 3 rings (SSSR count). The van der Waals surface area contributed by atoms with E-state index in [1.54, 1.807) is 18.5 Å².